The molecule has 2 aromatic carbocycles. The number of rotatable bonds is 8. The van der Waals surface area contributed by atoms with Crippen molar-refractivity contribution < 1.29 is 19.7 Å². The number of aromatic hydroxyl groups is 2. The van der Waals surface area contributed by atoms with Crippen molar-refractivity contribution in [2.24, 2.45) is 0 Å². The van der Waals surface area contributed by atoms with E-state index in [2.05, 4.69) is 20.2 Å². The minimum absolute atomic E-state index is 0.183. The highest BCUT2D eigenvalue weighted by atomic mass is 16.5. The van der Waals surface area contributed by atoms with Crippen molar-refractivity contribution in [1.82, 2.24) is 20.2 Å². The largest absolute Gasteiger partial charge is 0.501 e. The van der Waals surface area contributed by atoms with Gasteiger partial charge < -0.3 is 20.3 Å². The molecule has 34 heavy (non-hydrogen) atoms. The summed E-state index contributed by atoms with van der Waals surface area (Å²) in [5, 5.41) is 23.6. The molecule has 1 fully saturated rings. The second-order valence-electron chi connectivity index (χ2n) is 8.24. The molecule has 8 nitrogen and oxygen atoms in total. The van der Waals surface area contributed by atoms with Crippen molar-refractivity contribution in [1.29, 1.82) is 0 Å². The van der Waals surface area contributed by atoms with Gasteiger partial charge in [0.2, 0.25) is 5.75 Å². The molecular formula is C26H30N4O4. The second-order valence-corrected chi connectivity index (χ2v) is 8.24. The predicted molar refractivity (Wildman–Crippen MR) is 128 cm³/mol. The SMILES string of the molecule is CCOc1ccccc1CNC(=O)c1nc(C(c2ccccc2)N2CCCCC2)nc(O)c1O. The Morgan fingerprint density at radius 3 is 2.47 bits per heavy atom. The highest BCUT2D eigenvalue weighted by molar-refractivity contribution is 5.95. The zero-order chi connectivity index (χ0) is 23.9. The fourth-order valence-electron chi connectivity index (χ4n) is 4.28. The Bertz CT molecular complexity index is 1120. The van der Waals surface area contributed by atoms with E-state index in [-0.39, 0.29) is 24.1 Å². The molecule has 2 heterocycles. The van der Waals surface area contributed by atoms with E-state index >= 15 is 0 Å². The lowest BCUT2D eigenvalue weighted by Crippen LogP contribution is -2.35. The van der Waals surface area contributed by atoms with Gasteiger partial charge in [-0.25, -0.2) is 4.98 Å². The summed E-state index contributed by atoms with van der Waals surface area (Å²) in [6.07, 6.45) is 3.27. The van der Waals surface area contributed by atoms with Gasteiger partial charge in [-0.2, -0.15) is 4.98 Å². The second kappa shape index (κ2) is 11.0. The predicted octanol–water partition coefficient (Wildman–Crippen LogP) is 3.79. The van der Waals surface area contributed by atoms with Crippen molar-refractivity contribution in [3.63, 3.8) is 0 Å². The number of carbonyl (C=O) groups is 1. The Morgan fingerprint density at radius 2 is 1.74 bits per heavy atom. The van der Waals surface area contributed by atoms with E-state index in [1.807, 2.05) is 61.5 Å². The van der Waals surface area contributed by atoms with E-state index in [0.717, 1.165) is 43.5 Å². The van der Waals surface area contributed by atoms with E-state index in [1.54, 1.807) is 0 Å². The minimum atomic E-state index is -0.634. The van der Waals surface area contributed by atoms with Crippen LogP contribution in [0.4, 0.5) is 0 Å². The van der Waals surface area contributed by atoms with Gasteiger partial charge in [0.25, 0.3) is 11.8 Å². The van der Waals surface area contributed by atoms with Gasteiger partial charge >= 0.3 is 0 Å². The third-order valence-corrected chi connectivity index (χ3v) is 5.93. The van der Waals surface area contributed by atoms with Gasteiger partial charge in [0.1, 0.15) is 5.75 Å². The van der Waals surface area contributed by atoms with Crippen LogP contribution in [0.25, 0.3) is 0 Å². The van der Waals surface area contributed by atoms with Gasteiger partial charge in [0.15, 0.2) is 11.5 Å². The number of amides is 1. The molecule has 3 N–H and O–H groups in total. The Kier molecular flexibility index (Phi) is 7.59. The van der Waals surface area contributed by atoms with Crippen molar-refractivity contribution >= 4 is 5.91 Å². The zero-order valence-corrected chi connectivity index (χ0v) is 19.3. The summed E-state index contributed by atoms with van der Waals surface area (Å²) in [5.74, 6) is -0.890. The lowest BCUT2D eigenvalue weighted by molar-refractivity contribution is 0.0940. The first-order chi connectivity index (χ1) is 16.6. The number of piperidine rings is 1. The molecule has 0 bridgehead atoms. The average molecular weight is 463 g/mol. The number of nitrogens with one attached hydrogen (secondary N) is 1. The van der Waals surface area contributed by atoms with Gasteiger partial charge in [0.05, 0.1) is 12.6 Å². The number of nitrogens with zero attached hydrogens (tertiary/aromatic N) is 3. The molecule has 4 rings (SSSR count). The number of aromatic nitrogens is 2. The molecule has 1 unspecified atom stereocenters. The first kappa shape index (κ1) is 23.5. The number of likely N-dealkylation sites (tertiary alicyclic amines) is 1. The molecule has 1 aromatic heterocycles. The number of para-hydroxylation sites is 1. The fraction of sp³-hybridized carbons (Fsp3) is 0.346. The van der Waals surface area contributed by atoms with E-state index in [4.69, 9.17) is 4.74 Å². The van der Waals surface area contributed by atoms with Crippen LogP contribution >= 0.6 is 0 Å². The van der Waals surface area contributed by atoms with Gasteiger partial charge in [-0.3, -0.25) is 9.69 Å². The van der Waals surface area contributed by atoms with Crippen LogP contribution in [0.15, 0.2) is 54.6 Å². The minimum Gasteiger partial charge on any atom is -0.501 e. The van der Waals surface area contributed by atoms with E-state index < -0.39 is 17.5 Å². The van der Waals surface area contributed by atoms with Crippen molar-refractivity contribution in [2.75, 3.05) is 19.7 Å². The highest BCUT2D eigenvalue weighted by Gasteiger charge is 2.29. The normalized spacial score (nSPS) is 15.0. The monoisotopic (exact) mass is 462 g/mol. The Morgan fingerprint density at radius 1 is 1.03 bits per heavy atom. The molecule has 8 heteroatoms. The summed E-state index contributed by atoms with van der Waals surface area (Å²) in [6, 6.07) is 16.9. The Labute approximate surface area is 199 Å². The Balaban J connectivity index is 1.63. The molecule has 1 aliphatic rings. The summed E-state index contributed by atoms with van der Waals surface area (Å²) in [7, 11) is 0. The van der Waals surface area contributed by atoms with Crippen LogP contribution in [0.3, 0.4) is 0 Å². The van der Waals surface area contributed by atoms with Crippen LogP contribution in [0.2, 0.25) is 0 Å². The summed E-state index contributed by atoms with van der Waals surface area (Å²) in [4.78, 5) is 23.9. The standard InChI is InChI=1S/C26H30N4O4/c1-2-34-20-14-8-7-13-19(20)17-27-25(32)21-23(31)26(33)29-24(28-21)22(18-11-5-3-6-12-18)30-15-9-4-10-16-30/h3,5-8,11-14,22,31H,2,4,9-10,15-17H2,1H3,(H,27,32)(H,28,29,33). The average Bonchev–Trinajstić information content (AvgIpc) is 2.87. The van der Waals surface area contributed by atoms with Crippen LogP contribution in [0, 0.1) is 0 Å². The summed E-state index contributed by atoms with van der Waals surface area (Å²) in [6.45, 7) is 4.31. The number of hydrogen-bond acceptors (Lipinski definition) is 7. The van der Waals surface area contributed by atoms with Gasteiger partial charge in [-0.1, -0.05) is 55.0 Å². The fourth-order valence-corrected chi connectivity index (χ4v) is 4.28. The molecule has 1 amide bonds. The van der Waals surface area contributed by atoms with Crippen molar-refractivity contribution in [2.45, 2.75) is 38.8 Å². The van der Waals surface area contributed by atoms with E-state index in [9.17, 15) is 15.0 Å². The third-order valence-electron chi connectivity index (χ3n) is 5.93. The lowest BCUT2D eigenvalue weighted by atomic mass is 10.0. The molecule has 0 saturated carbocycles. The molecule has 0 spiro atoms. The zero-order valence-electron chi connectivity index (χ0n) is 19.3. The smallest absolute Gasteiger partial charge is 0.274 e. The van der Waals surface area contributed by atoms with Gasteiger partial charge in [-0.15, -0.1) is 0 Å². The maximum absolute atomic E-state index is 13.0. The van der Waals surface area contributed by atoms with Crippen LogP contribution in [-0.2, 0) is 6.54 Å². The van der Waals surface area contributed by atoms with Gasteiger partial charge in [-0.05, 0) is 44.5 Å². The molecule has 1 aliphatic heterocycles. The van der Waals surface area contributed by atoms with E-state index in [0.29, 0.717) is 12.4 Å². The van der Waals surface area contributed by atoms with Crippen molar-refractivity contribution in [3.8, 4) is 17.4 Å². The molecule has 1 atom stereocenters. The molecule has 3 aromatic rings. The number of benzene rings is 2. The first-order valence-corrected chi connectivity index (χ1v) is 11.7. The van der Waals surface area contributed by atoms with Crippen LogP contribution in [0.1, 0.15) is 59.7 Å². The highest BCUT2D eigenvalue weighted by Crippen LogP contribution is 2.33. The topological polar surface area (TPSA) is 108 Å². The third kappa shape index (κ3) is 5.28. The maximum atomic E-state index is 13.0. The lowest BCUT2D eigenvalue weighted by Gasteiger charge is -2.34. The summed E-state index contributed by atoms with van der Waals surface area (Å²) >= 11 is 0. The molecule has 178 valence electrons. The van der Waals surface area contributed by atoms with Crippen LogP contribution in [-0.4, -0.2) is 50.7 Å². The number of carbonyl (C=O) groups excluding carboxylic acids is 1. The van der Waals surface area contributed by atoms with Crippen LogP contribution in [0.5, 0.6) is 17.4 Å². The van der Waals surface area contributed by atoms with E-state index in [1.165, 1.54) is 0 Å². The Hall–Kier alpha value is -3.65. The first-order valence-electron chi connectivity index (χ1n) is 11.7. The maximum Gasteiger partial charge on any atom is 0.274 e. The summed E-state index contributed by atoms with van der Waals surface area (Å²) in [5.41, 5.74) is 1.51. The molecular weight excluding hydrogens is 432 g/mol. The molecule has 0 aliphatic carbocycles. The van der Waals surface area contributed by atoms with Gasteiger partial charge in [0, 0.05) is 12.1 Å². The van der Waals surface area contributed by atoms with Crippen molar-refractivity contribution in [3.05, 3.63) is 77.2 Å². The molecule has 0 radical (unpaired) electrons. The number of hydrogen-bond donors (Lipinski definition) is 3. The summed E-state index contributed by atoms with van der Waals surface area (Å²) < 4.78 is 5.61. The molecule has 1 saturated heterocycles. The quantitative estimate of drug-likeness (QED) is 0.467. The van der Waals surface area contributed by atoms with Crippen LogP contribution < -0.4 is 10.1 Å². The number of ether oxygens (including phenoxy) is 1.